The zero-order valence-corrected chi connectivity index (χ0v) is 13.6. The quantitative estimate of drug-likeness (QED) is 0.796. The van der Waals surface area contributed by atoms with E-state index in [0.29, 0.717) is 6.04 Å². The third-order valence-electron chi connectivity index (χ3n) is 3.71. The van der Waals surface area contributed by atoms with Crippen molar-refractivity contribution in [2.24, 2.45) is 0 Å². The summed E-state index contributed by atoms with van der Waals surface area (Å²) in [6.07, 6.45) is 0.918. The van der Waals surface area contributed by atoms with Crippen LogP contribution in [-0.2, 0) is 6.42 Å². The highest BCUT2D eigenvalue weighted by Gasteiger charge is 2.11. The van der Waals surface area contributed by atoms with Gasteiger partial charge in [-0.2, -0.15) is 0 Å². The van der Waals surface area contributed by atoms with E-state index in [1.54, 1.807) is 12.1 Å². The molecule has 0 heterocycles. The molecule has 0 bridgehead atoms. The summed E-state index contributed by atoms with van der Waals surface area (Å²) in [5, 5.41) is 3.37. The molecule has 0 aliphatic carbocycles. The van der Waals surface area contributed by atoms with Crippen LogP contribution >= 0.6 is 11.8 Å². The molecule has 1 nitrogen and oxygen atoms in total. The Labute approximate surface area is 131 Å². The Balaban J connectivity index is 1.99. The minimum atomic E-state index is -0.161. The fraction of sp³-hybridized carbons (Fsp3) is 0.333. The summed E-state index contributed by atoms with van der Waals surface area (Å²) in [6, 6.07) is 13.9. The number of aryl methyl sites for hydroxylation is 2. The second kappa shape index (κ2) is 7.62. The van der Waals surface area contributed by atoms with Crippen LogP contribution in [0.15, 0.2) is 47.4 Å². The van der Waals surface area contributed by atoms with Gasteiger partial charge < -0.3 is 5.32 Å². The fourth-order valence-corrected chi connectivity index (χ4v) is 3.44. The number of thioether (sulfide) groups is 1. The molecule has 1 unspecified atom stereocenters. The van der Waals surface area contributed by atoms with Crippen LogP contribution in [0.5, 0.6) is 0 Å². The molecule has 0 aliphatic heterocycles. The molecule has 3 heteroatoms. The number of likely N-dealkylation sites (N-methyl/N-ethyl adjacent to an activating group) is 1. The van der Waals surface area contributed by atoms with Crippen LogP contribution in [-0.4, -0.2) is 18.8 Å². The molecule has 0 saturated heterocycles. The Morgan fingerprint density at radius 3 is 2.52 bits per heavy atom. The van der Waals surface area contributed by atoms with Crippen molar-refractivity contribution < 1.29 is 4.39 Å². The zero-order chi connectivity index (χ0) is 15.2. The molecule has 21 heavy (non-hydrogen) atoms. The molecular formula is C18H22FNS. The van der Waals surface area contributed by atoms with E-state index in [-0.39, 0.29) is 5.82 Å². The Morgan fingerprint density at radius 2 is 1.86 bits per heavy atom. The van der Waals surface area contributed by atoms with Crippen molar-refractivity contribution in [3.63, 3.8) is 0 Å². The second-order valence-electron chi connectivity index (χ2n) is 5.34. The van der Waals surface area contributed by atoms with Crippen LogP contribution in [0.1, 0.15) is 16.7 Å². The van der Waals surface area contributed by atoms with Crippen molar-refractivity contribution in [1.82, 2.24) is 5.32 Å². The van der Waals surface area contributed by atoms with Crippen LogP contribution in [0.4, 0.5) is 4.39 Å². The van der Waals surface area contributed by atoms with Crippen molar-refractivity contribution in [3.8, 4) is 0 Å². The summed E-state index contributed by atoms with van der Waals surface area (Å²) in [7, 11) is 1.99. The lowest BCUT2D eigenvalue weighted by Crippen LogP contribution is -2.30. The minimum absolute atomic E-state index is 0.161. The first-order valence-corrected chi connectivity index (χ1v) is 8.19. The van der Waals surface area contributed by atoms with Gasteiger partial charge in [-0.05, 0) is 62.2 Å². The number of rotatable bonds is 6. The Morgan fingerprint density at radius 1 is 1.10 bits per heavy atom. The molecular weight excluding hydrogens is 281 g/mol. The lowest BCUT2D eigenvalue weighted by molar-refractivity contribution is 0.607. The smallest absolute Gasteiger partial charge is 0.123 e. The van der Waals surface area contributed by atoms with Gasteiger partial charge in [-0.3, -0.25) is 0 Å². The summed E-state index contributed by atoms with van der Waals surface area (Å²) in [5.74, 6) is 0.838. The molecule has 0 aromatic heterocycles. The maximum atomic E-state index is 13.2. The molecule has 2 aromatic rings. The molecule has 0 saturated carbocycles. The van der Waals surface area contributed by atoms with Crippen molar-refractivity contribution in [3.05, 3.63) is 65.0 Å². The van der Waals surface area contributed by atoms with Gasteiger partial charge in [0.15, 0.2) is 0 Å². The Bertz CT molecular complexity index is 598. The monoisotopic (exact) mass is 303 g/mol. The topological polar surface area (TPSA) is 12.0 Å². The van der Waals surface area contributed by atoms with Crippen molar-refractivity contribution >= 4 is 11.8 Å². The third kappa shape index (κ3) is 4.58. The van der Waals surface area contributed by atoms with Gasteiger partial charge in [0.25, 0.3) is 0 Å². The van der Waals surface area contributed by atoms with Crippen LogP contribution in [0.3, 0.4) is 0 Å². The fourth-order valence-electron chi connectivity index (χ4n) is 2.31. The minimum Gasteiger partial charge on any atom is -0.316 e. The maximum absolute atomic E-state index is 13.2. The Kier molecular flexibility index (Phi) is 5.83. The van der Waals surface area contributed by atoms with E-state index >= 15 is 0 Å². The van der Waals surface area contributed by atoms with Crippen LogP contribution < -0.4 is 5.32 Å². The summed E-state index contributed by atoms with van der Waals surface area (Å²) in [6.45, 7) is 4.11. The van der Waals surface area contributed by atoms with E-state index in [4.69, 9.17) is 0 Å². The number of nitrogens with one attached hydrogen (secondary N) is 1. The van der Waals surface area contributed by atoms with E-state index in [1.165, 1.54) is 16.0 Å². The summed E-state index contributed by atoms with van der Waals surface area (Å²) < 4.78 is 13.2. The average Bonchev–Trinajstić information content (AvgIpc) is 2.47. The van der Waals surface area contributed by atoms with Crippen LogP contribution in [0.2, 0.25) is 0 Å². The van der Waals surface area contributed by atoms with Crippen LogP contribution in [0.25, 0.3) is 0 Å². The molecule has 0 aliphatic rings. The largest absolute Gasteiger partial charge is 0.316 e. The number of hydrogen-bond donors (Lipinski definition) is 1. The molecule has 112 valence electrons. The molecule has 0 radical (unpaired) electrons. The van der Waals surface area contributed by atoms with E-state index in [0.717, 1.165) is 17.7 Å². The SMILES string of the molecule is CNC(CSc1ccccc1C)Cc1ccc(F)cc1C. The van der Waals surface area contributed by atoms with Crippen LogP contribution in [0, 0.1) is 19.7 Å². The van der Waals surface area contributed by atoms with Crippen molar-refractivity contribution in [2.45, 2.75) is 31.2 Å². The zero-order valence-electron chi connectivity index (χ0n) is 12.8. The highest BCUT2D eigenvalue weighted by atomic mass is 32.2. The summed E-state index contributed by atoms with van der Waals surface area (Å²) >= 11 is 1.87. The van der Waals surface area contributed by atoms with E-state index < -0.39 is 0 Å². The van der Waals surface area contributed by atoms with Crippen molar-refractivity contribution in [2.75, 3.05) is 12.8 Å². The van der Waals surface area contributed by atoms with Gasteiger partial charge in [0, 0.05) is 16.7 Å². The molecule has 1 N–H and O–H groups in total. The number of benzene rings is 2. The molecule has 0 spiro atoms. The lowest BCUT2D eigenvalue weighted by Gasteiger charge is -2.18. The normalized spacial score (nSPS) is 12.4. The first-order chi connectivity index (χ1) is 10.1. The molecule has 2 rings (SSSR count). The second-order valence-corrected chi connectivity index (χ2v) is 6.40. The molecule has 2 aromatic carbocycles. The third-order valence-corrected chi connectivity index (χ3v) is 5.05. The summed E-state index contributed by atoms with van der Waals surface area (Å²) in [4.78, 5) is 1.33. The maximum Gasteiger partial charge on any atom is 0.123 e. The van der Waals surface area contributed by atoms with Gasteiger partial charge in [-0.15, -0.1) is 11.8 Å². The molecule has 0 amide bonds. The summed E-state index contributed by atoms with van der Waals surface area (Å²) in [5.41, 5.74) is 3.55. The predicted molar refractivity (Wildman–Crippen MR) is 89.6 cm³/mol. The highest BCUT2D eigenvalue weighted by Crippen LogP contribution is 2.23. The van der Waals surface area contributed by atoms with E-state index in [1.807, 2.05) is 31.8 Å². The van der Waals surface area contributed by atoms with Gasteiger partial charge in [0.05, 0.1) is 0 Å². The van der Waals surface area contributed by atoms with Gasteiger partial charge in [0.1, 0.15) is 5.82 Å². The van der Waals surface area contributed by atoms with Crippen molar-refractivity contribution in [1.29, 1.82) is 0 Å². The first kappa shape index (κ1) is 16.1. The molecule has 0 fully saturated rings. The lowest BCUT2D eigenvalue weighted by atomic mass is 10.0. The van der Waals surface area contributed by atoms with E-state index in [9.17, 15) is 4.39 Å². The van der Waals surface area contributed by atoms with Gasteiger partial charge >= 0.3 is 0 Å². The van der Waals surface area contributed by atoms with Gasteiger partial charge in [-0.25, -0.2) is 4.39 Å². The average molecular weight is 303 g/mol. The standard InChI is InChI=1S/C18H22FNS/c1-13-6-4-5-7-18(13)21-12-17(20-3)11-15-8-9-16(19)10-14(15)2/h4-10,17,20H,11-12H2,1-3H3. The molecule has 1 atom stereocenters. The number of hydrogen-bond acceptors (Lipinski definition) is 2. The predicted octanol–water partition coefficient (Wildman–Crippen LogP) is 4.37. The van der Waals surface area contributed by atoms with E-state index in [2.05, 4.69) is 36.5 Å². The van der Waals surface area contributed by atoms with Gasteiger partial charge in [0.2, 0.25) is 0 Å². The van der Waals surface area contributed by atoms with Gasteiger partial charge in [-0.1, -0.05) is 24.3 Å². The Hall–Kier alpha value is -1.32. The number of halogens is 1. The highest BCUT2D eigenvalue weighted by molar-refractivity contribution is 7.99. The first-order valence-electron chi connectivity index (χ1n) is 7.21.